The molecule has 0 unspecified atom stereocenters. The maximum Gasteiger partial charge on any atom is 0.296 e. The van der Waals surface area contributed by atoms with E-state index >= 15 is 0 Å². The molecule has 0 radical (unpaired) electrons. The molecule has 0 aromatic carbocycles. The molecule has 0 bridgehead atoms. The molecule has 5 heavy (non-hydrogen) atoms. The molecule has 0 aromatic rings. The standard InChI is InChI=1S/BCl3H2Si/c1-5(2,3)4/h1H2. The summed E-state index contributed by atoms with van der Waals surface area (Å²) in [5, 5.41) is 0. The Kier molecular flexibility index (Phi) is 2.14. The summed E-state index contributed by atoms with van der Waals surface area (Å²) in [4.78, 5) is 0. The molecule has 0 atom stereocenters. The molecule has 0 saturated carbocycles. The summed E-state index contributed by atoms with van der Waals surface area (Å²) in [5.41, 5.74) is 0. The van der Waals surface area contributed by atoms with Gasteiger partial charge in [-0.05, 0) is 0 Å². The van der Waals surface area contributed by atoms with Gasteiger partial charge < -0.3 is 0 Å². The van der Waals surface area contributed by atoms with Crippen LogP contribution in [0.1, 0.15) is 0 Å². The smallest absolute Gasteiger partial charge is 0.136 e. The molecular formula is H2BCl3Si. The normalized spacial score (nSPS) is 11.8. The van der Waals surface area contributed by atoms with E-state index in [-0.39, 0.29) is 0 Å². The fraction of sp³-hybridized carbons (Fsp3) is 0. The first-order chi connectivity index (χ1) is 2.00. The molecule has 0 aromatic heterocycles. The molecule has 30 valence electrons. The molecule has 0 aliphatic carbocycles. The molecule has 0 heterocycles. The van der Waals surface area contributed by atoms with E-state index in [1.165, 1.54) is 0 Å². The van der Waals surface area contributed by atoms with Crippen LogP contribution >= 0.6 is 33.2 Å². The summed E-state index contributed by atoms with van der Waals surface area (Å²) in [6, 6.07) is 0. The molecule has 0 aliphatic rings. The molecule has 0 amide bonds. The fourth-order valence-corrected chi connectivity index (χ4v) is 0. The highest BCUT2D eigenvalue weighted by atomic mass is 35.8. The van der Waals surface area contributed by atoms with Crippen LogP contribution < -0.4 is 0 Å². The van der Waals surface area contributed by atoms with Crippen molar-refractivity contribution in [3.8, 4) is 0 Å². The van der Waals surface area contributed by atoms with E-state index in [1.54, 1.807) is 7.44 Å². The largest absolute Gasteiger partial charge is 0.296 e. The zero-order valence-electron chi connectivity index (χ0n) is 2.63. The van der Waals surface area contributed by atoms with Gasteiger partial charge in [0, 0.05) is 0 Å². The van der Waals surface area contributed by atoms with Gasteiger partial charge in [-0.25, -0.2) is 0 Å². The van der Waals surface area contributed by atoms with Crippen molar-refractivity contribution in [2.24, 2.45) is 0 Å². The number of hydrogen-bond acceptors (Lipinski definition) is 0. The van der Waals surface area contributed by atoms with Crippen molar-refractivity contribution in [3.63, 3.8) is 0 Å². The van der Waals surface area contributed by atoms with Crippen molar-refractivity contribution in [2.45, 2.75) is 0 Å². The summed E-state index contributed by atoms with van der Waals surface area (Å²) in [6.07, 6.45) is 0. The van der Waals surface area contributed by atoms with Crippen molar-refractivity contribution in [1.29, 1.82) is 0 Å². The monoisotopic (exact) mass is 146 g/mol. The molecular weight excluding hydrogens is 145 g/mol. The van der Waals surface area contributed by atoms with Gasteiger partial charge in [0.25, 0.3) is 5.87 Å². The minimum Gasteiger partial charge on any atom is -0.136 e. The zero-order chi connectivity index (χ0) is 4.50. The van der Waals surface area contributed by atoms with E-state index in [9.17, 15) is 0 Å². The first-order valence-electron chi connectivity index (χ1n) is 1.07. The molecule has 5 heteroatoms. The topological polar surface area (TPSA) is 0 Å². The lowest BCUT2D eigenvalue weighted by atomic mass is 10.8. The van der Waals surface area contributed by atoms with Crippen LogP contribution in [0.25, 0.3) is 0 Å². The Morgan fingerprint density at radius 1 is 1.20 bits per heavy atom. The van der Waals surface area contributed by atoms with Gasteiger partial charge >= 0.3 is 0 Å². The second-order valence-corrected chi connectivity index (χ2v) is 10.9. The predicted octanol–water partition coefficient (Wildman–Crippen LogP) is 0.771. The lowest BCUT2D eigenvalue weighted by Gasteiger charge is -1.89. The number of halogens is 3. The Morgan fingerprint density at radius 2 is 1.20 bits per heavy atom. The third-order valence-electron chi connectivity index (χ3n) is 0. The Labute approximate surface area is 46.9 Å². The molecule has 0 rings (SSSR count). The van der Waals surface area contributed by atoms with E-state index in [0.717, 1.165) is 0 Å². The highest BCUT2D eigenvalue weighted by molar-refractivity contribution is 7.79. The Morgan fingerprint density at radius 3 is 1.20 bits per heavy atom. The Bertz CT molecular complexity index is 22.4. The SMILES string of the molecule is B[Si](Cl)(Cl)Cl. The zero-order valence-corrected chi connectivity index (χ0v) is 5.90. The van der Waals surface area contributed by atoms with Gasteiger partial charge in [-0.2, -0.15) is 0 Å². The maximum atomic E-state index is 5.20. The van der Waals surface area contributed by atoms with Crippen LogP contribution in [0.5, 0.6) is 0 Å². The highest BCUT2D eigenvalue weighted by Gasteiger charge is 2.13. The molecule has 0 aliphatic heterocycles. The Hall–Kier alpha value is 1.15. The molecule has 0 saturated heterocycles. The van der Waals surface area contributed by atoms with Crippen molar-refractivity contribution in [3.05, 3.63) is 0 Å². The van der Waals surface area contributed by atoms with Crippen LogP contribution in [0.4, 0.5) is 0 Å². The van der Waals surface area contributed by atoms with E-state index < -0.39 is 5.87 Å². The van der Waals surface area contributed by atoms with Gasteiger partial charge in [-0.15, -0.1) is 33.2 Å². The van der Waals surface area contributed by atoms with Crippen LogP contribution in [0.15, 0.2) is 0 Å². The van der Waals surface area contributed by atoms with Crippen molar-refractivity contribution < 1.29 is 0 Å². The van der Waals surface area contributed by atoms with Crippen LogP contribution in [0, 0.1) is 0 Å². The third-order valence-corrected chi connectivity index (χ3v) is 0. The van der Waals surface area contributed by atoms with Gasteiger partial charge in [0.05, 0.1) is 0 Å². The first-order valence-corrected chi connectivity index (χ1v) is 6.60. The second-order valence-electron chi connectivity index (χ2n) is 0.781. The number of rotatable bonds is 0. The minimum atomic E-state index is -2.19. The predicted molar refractivity (Wildman–Crippen MR) is 31.9 cm³/mol. The van der Waals surface area contributed by atoms with Crippen molar-refractivity contribution >= 4 is 46.5 Å². The summed E-state index contributed by atoms with van der Waals surface area (Å²) in [5.74, 6) is -2.19. The third kappa shape index (κ3) is 38.6. The van der Waals surface area contributed by atoms with Crippen LogP contribution in [0.2, 0.25) is 0 Å². The van der Waals surface area contributed by atoms with E-state index in [4.69, 9.17) is 33.2 Å². The average molecular weight is 147 g/mol. The minimum absolute atomic E-state index is 1.62. The van der Waals surface area contributed by atoms with E-state index in [2.05, 4.69) is 0 Å². The summed E-state index contributed by atoms with van der Waals surface area (Å²) in [7, 11) is 1.62. The van der Waals surface area contributed by atoms with E-state index in [0.29, 0.717) is 0 Å². The summed E-state index contributed by atoms with van der Waals surface area (Å²) < 4.78 is 0. The second kappa shape index (κ2) is 1.74. The maximum absolute atomic E-state index is 5.20. The molecule has 0 N–H and O–H groups in total. The lowest BCUT2D eigenvalue weighted by Crippen LogP contribution is -2.06. The summed E-state index contributed by atoms with van der Waals surface area (Å²) >= 11 is 15.6. The van der Waals surface area contributed by atoms with Gasteiger partial charge in [-0.1, -0.05) is 0 Å². The quantitative estimate of drug-likeness (QED) is 0.351. The molecule has 0 fully saturated rings. The van der Waals surface area contributed by atoms with Gasteiger partial charge in [0.15, 0.2) is 7.44 Å². The summed E-state index contributed by atoms with van der Waals surface area (Å²) in [6.45, 7) is 0. The fourth-order valence-electron chi connectivity index (χ4n) is 0. The van der Waals surface area contributed by atoms with Crippen LogP contribution in [0.3, 0.4) is 0 Å². The lowest BCUT2D eigenvalue weighted by molar-refractivity contribution is 3.79. The van der Waals surface area contributed by atoms with Gasteiger partial charge in [0.1, 0.15) is 0 Å². The van der Waals surface area contributed by atoms with E-state index in [1.807, 2.05) is 0 Å². The van der Waals surface area contributed by atoms with Crippen molar-refractivity contribution in [2.75, 3.05) is 0 Å². The average Bonchev–Trinajstić information content (AvgIpc) is 0.722. The van der Waals surface area contributed by atoms with Gasteiger partial charge in [-0.3, -0.25) is 0 Å². The highest BCUT2D eigenvalue weighted by Crippen LogP contribution is 2.12. The van der Waals surface area contributed by atoms with Crippen LogP contribution in [-0.4, -0.2) is 13.3 Å². The number of hydrogen-bond donors (Lipinski definition) is 0. The molecule has 0 spiro atoms. The Balaban J connectivity index is 3.02. The van der Waals surface area contributed by atoms with Crippen LogP contribution in [-0.2, 0) is 0 Å². The molecule has 0 nitrogen and oxygen atoms in total. The van der Waals surface area contributed by atoms with Gasteiger partial charge in [0.2, 0.25) is 0 Å². The first kappa shape index (κ1) is 6.15. The van der Waals surface area contributed by atoms with Crippen molar-refractivity contribution in [1.82, 2.24) is 0 Å².